The number of nitrogens with zero attached hydrogens (tertiary/aromatic N) is 8. The Bertz CT molecular complexity index is 9540. The Kier molecular flexibility index (Phi) is 15.2. The molecule has 0 fully saturated rings. The first-order valence-electron chi connectivity index (χ1n) is 42.3. The van der Waals surface area contributed by atoms with Gasteiger partial charge in [0.2, 0.25) is 11.4 Å². The molecule has 0 atom stereocenters. The maximum Gasteiger partial charge on any atom is 0.212 e. The molecule has 28 rings (SSSR count). The molecule has 10 heterocycles. The van der Waals surface area contributed by atoms with Crippen molar-refractivity contribution in [2.75, 3.05) is 0 Å². The Balaban J connectivity index is 0.000000142. The van der Waals surface area contributed by atoms with Gasteiger partial charge in [-0.1, -0.05) is 157 Å². The fraction of sp³-hybridized carbons (Fsp3) is 0.0175. The van der Waals surface area contributed by atoms with E-state index in [-0.39, 0.29) is 0 Å². The lowest BCUT2D eigenvalue weighted by molar-refractivity contribution is 0.668. The predicted octanol–water partition coefficient (Wildman–Crippen LogP) is 33.8. The highest BCUT2D eigenvalue weighted by Gasteiger charge is 2.28. The van der Waals surface area contributed by atoms with Gasteiger partial charge in [0.25, 0.3) is 0 Å². The number of thiophene rings is 4. The number of aromatic nitrogens is 4. The van der Waals surface area contributed by atoms with Crippen LogP contribution in [0.15, 0.2) is 336 Å². The number of hydrogen-bond acceptors (Lipinski definition) is 8. The van der Waals surface area contributed by atoms with Crippen LogP contribution in [0.1, 0.15) is 22.3 Å². The van der Waals surface area contributed by atoms with Crippen LogP contribution in [0.3, 0.4) is 0 Å². The van der Waals surface area contributed by atoms with E-state index in [1.54, 1.807) is 45.3 Å². The van der Waals surface area contributed by atoms with Crippen LogP contribution in [-0.2, 0) is 0 Å². The molecule has 10 aromatic heterocycles. The van der Waals surface area contributed by atoms with Gasteiger partial charge in [-0.05, 0) is 218 Å². The number of nitriles is 2. The first kappa shape index (κ1) is 72.1. The normalized spacial score (nSPS) is 12.1. The molecule has 592 valence electrons. The highest BCUT2D eigenvalue weighted by Crippen LogP contribution is 2.51. The first-order chi connectivity index (χ1) is 63.0. The first-order valence-corrected chi connectivity index (χ1v) is 45.6. The molecule has 0 saturated carbocycles. The summed E-state index contributed by atoms with van der Waals surface area (Å²) in [5.41, 5.74) is 22.7. The van der Waals surface area contributed by atoms with Crippen molar-refractivity contribution >= 4 is 269 Å². The molecule has 0 amide bonds. The topological polar surface area (TPSA) is 102 Å². The largest absolute Gasteiger partial charge is 0.456 e. The summed E-state index contributed by atoms with van der Waals surface area (Å²) in [6.45, 7) is 21.7. The summed E-state index contributed by atoms with van der Waals surface area (Å²) in [6.07, 6.45) is 0. The molecule has 0 saturated heterocycles. The maximum absolute atomic E-state index is 11.4. The second-order valence-corrected chi connectivity index (χ2v) is 37.8. The van der Waals surface area contributed by atoms with Crippen molar-refractivity contribution in [1.82, 2.24) is 18.3 Å². The summed E-state index contributed by atoms with van der Waals surface area (Å²) in [6, 6.07) is 121. The summed E-state index contributed by atoms with van der Waals surface area (Å²) < 4.78 is 30.9. The van der Waals surface area contributed by atoms with E-state index in [9.17, 15) is 10.5 Å². The van der Waals surface area contributed by atoms with Crippen LogP contribution in [0.2, 0.25) is 0 Å². The number of fused-ring (bicyclic) bond motifs is 30. The Morgan fingerprint density at radius 1 is 0.234 bits per heavy atom. The van der Waals surface area contributed by atoms with Gasteiger partial charge in [-0.2, -0.15) is 10.5 Å². The van der Waals surface area contributed by atoms with Gasteiger partial charge in [0.1, 0.15) is 34.5 Å². The smallest absolute Gasteiger partial charge is 0.212 e. The molecule has 0 spiro atoms. The van der Waals surface area contributed by atoms with Crippen LogP contribution in [0, 0.1) is 49.7 Å². The van der Waals surface area contributed by atoms with E-state index < -0.39 is 0 Å². The molecule has 18 aromatic carbocycles. The van der Waals surface area contributed by atoms with E-state index in [0.29, 0.717) is 45.3 Å². The highest BCUT2D eigenvalue weighted by molar-refractivity contribution is 7.27. The third-order valence-corrected chi connectivity index (χ3v) is 31.0. The monoisotopic (exact) mass is 1700 g/mol. The van der Waals surface area contributed by atoms with Gasteiger partial charge >= 0.3 is 0 Å². The molecular formula is C114H60N8O2S4. The molecular weight excluding hydrogens is 1640 g/mol. The van der Waals surface area contributed by atoms with Gasteiger partial charge in [0, 0.05) is 145 Å². The third-order valence-electron chi connectivity index (χ3n) is 26.4. The van der Waals surface area contributed by atoms with Crippen LogP contribution < -0.4 is 0 Å². The zero-order valence-electron chi connectivity index (χ0n) is 68.2. The minimum absolute atomic E-state index is 0.445. The fourth-order valence-corrected chi connectivity index (χ4v) is 25.1. The van der Waals surface area contributed by atoms with Crippen molar-refractivity contribution in [2.24, 2.45) is 0 Å². The SMILES string of the molecule is [C-]#[N+]c1cc(-n2c3ccc(-c4ccc5oc6ccccc6c5c4)cc3c3cc4c(cc32)sc2ccccc24)c(C#N)cc1-n1c2ccc(-c3ccc4oc5ccccc5c4c3)cc2c2cc3c(cc21)sc1ccccc13.[C-]#[N+]c1cc(-n2c3ccc(C)cc3c3cc4c(cc32)sc2ccccc24)c(C#N)cc1-n1c2ccc(C)cc2c2cc3c(cc21)sc1ccccc13. The Morgan fingerprint density at radius 2 is 0.508 bits per heavy atom. The molecule has 0 aliphatic carbocycles. The Labute approximate surface area is 743 Å². The van der Waals surface area contributed by atoms with Gasteiger partial charge in [-0.3, -0.25) is 0 Å². The van der Waals surface area contributed by atoms with E-state index in [2.05, 4.69) is 333 Å². The minimum atomic E-state index is 0.445. The molecule has 10 nitrogen and oxygen atoms in total. The maximum atomic E-state index is 11.4. The van der Waals surface area contributed by atoms with Gasteiger partial charge in [-0.25, -0.2) is 9.69 Å². The van der Waals surface area contributed by atoms with Crippen LogP contribution in [0.4, 0.5) is 11.4 Å². The molecule has 0 bridgehead atoms. The summed E-state index contributed by atoms with van der Waals surface area (Å²) >= 11 is 7.12. The number of rotatable bonds is 6. The van der Waals surface area contributed by atoms with Gasteiger partial charge < -0.3 is 27.1 Å². The lowest BCUT2D eigenvalue weighted by atomic mass is 10.00. The molecule has 0 radical (unpaired) electrons. The number of para-hydroxylation sites is 2. The van der Waals surface area contributed by atoms with Crippen LogP contribution in [0.25, 0.3) is 266 Å². The van der Waals surface area contributed by atoms with Crippen molar-refractivity contribution in [3.05, 3.63) is 373 Å². The third kappa shape index (κ3) is 10.5. The second kappa shape index (κ2) is 27.1. The zero-order valence-corrected chi connectivity index (χ0v) is 71.5. The van der Waals surface area contributed by atoms with Crippen molar-refractivity contribution in [3.63, 3.8) is 0 Å². The lowest BCUT2D eigenvalue weighted by Crippen LogP contribution is -2.01. The van der Waals surface area contributed by atoms with E-state index >= 15 is 0 Å². The summed E-state index contributed by atoms with van der Waals surface area (Å²) in [4.78, 5) is 8.49. The molecule has 28 aromatic rings. The van der Waals surface area contributed by atoms with Crippen LogP contribution >= 0.6 is 45.3 Å². The summed E-state index contributed by atoms with van der Waals surface area (Å²) in [5.74, 6) is 0. The summed E-state index contributed by atoms with van der Waals surface area (Å²) in [7, 11) is 0. The van der Waals surface area contributed by atoms with E-state index in [1.807, 2.05) is 48.5 Å². The summed E-state index contributed by atoms with van der Waals surface area (Å²) in [5, 5.41) is 45.3. The fourth-order valence-electron chi connectivity index (χ4n) is 20.6. The Hall–Kier alpha value is -16.4. The van der Waals surface area contributed by atoms with Crippen molar-refractivity contribution in [2.45, 2.75) is 13.8 Å². The minimum Gasteiger partial charge on any atom is -0.456 e. The highest BCUT2D eigenvalue weighted by atomic mass is 32.1. The van der Waals surface area contributed by atoms with Crippen molar-refractivity contribution in [3.8, 4) is 57.1 Å². The zero-order chi connectivity index (χ0) is 84.7. The predicted molar refractivity (Wildman–Crippen MR) is 539 cm³/mol. The van der Waals surface area contributed by atoms with E-state index in [4.69, 9.17) is 22.0 Å². The molecule has 128 heavy (non-hydrogen) atoms. The second-order valence-electron chi connectivity index (χ2n) is 33.5. The van der Waals surface area contributed by atoms with Gasteiger partial charge in [0.15, 0.2) is 0 Å². The number of aryl methyl sites for hydroxylation is 2. The van der Waals surface area contributed by atoms with Gasteiger partial charge in [0.05, 0.1) is 91.2 Å². The number of furan rings is 2. The molecule has 0 unspecified atom stereocenters. The number of hydrogen-bond donors (Lipinski definition) is 0. The Morgan fingerprint density at radius 3 is 0.844 bits per heavy atom. The standard InChI is InChI=1S/C68H34N4O2S2.C46H26N4S2/c1-70-54-33-57(71-55-22-18-37(39-20-24-63-50(28-39)42-10-2-6-14-61(42)73-63)26-46(55)48-31-52-44-12-4-8-16-65(44)75-67(52)34-58(48)71)41(36-69)30-60(54)72-56-23-19-38(40-21-25-64-51(29-40)43-11-3-7-15-62(43)74-64)27-47(56)49-32-53-45-13-5-9-17-66(45)76-68(53)35-59(49)72;1-25-12-14-37-30(16-25)32-19-34-28-8-4-6-10-43(28)51-45(34)22-40(32)49(37)39-21-36(48-3)42(18-27(39)24-47)50-38-15-13-26(2)17-31(38)33-20-35-29-9-5-7-11-44(29)52-46(35)23-41(33)50/h2-35H;4-23H,1-2H3. The van der Waals surface area contributed by atoms with Crippen molar-refractivity contribution < 1.29 is 8.83 Å². The number of benzene rings is 18. The average molecular weight is 1700 g/mol. The molecule has 0 aliphatic heterocycles. The van der Waals surface area contributed by atoms with E-state index in [1.165, 1.54) is 82.4 Å². The molecule has 14 heteroatoms. The quantitative estimate of drug-likeness (QED) is 0.155. The van der Waals surface area contributed by atoms with Crippen LogP contribution in [-0.4, -0.2) is 18.3 Å². The molecule has 0 N–H and O–H groups in total. The van der Waals surface area contributed by atoms with Crippen LogP contribution in [0.5, 0.6) is 0 Å². The average Bonchev–Trinajstić information content (AvgIpc) is 1.55. The van der Waals surface area contributed by atoms with Gasteiger partial charge in [-0.15, -0.1) is 45.3 Å². The van der Waals surface area contributed by atoms with E-state index in [0.717, 1.165) is 163 Å². The molecule has 0 aliphatic rings. The lowest BCUT2D eigenvalue weighted by Gasteiger charge is -2.16. The van der Waals surface area contributed by atoms with Crippen molar-refractivity contribution in [1.29, 1.82) is 10.5 Å².